The molecular formula is C11H23NO. The van der Waals surface area contributed by atoms with Crippen LogP contribution in [0.3, 0.4) is 0 Å². The Bertz CT molecular complexity index is 145. The first-order chi connectivity index (χ1) is 6.14. The van der Waals surface area contributed by atoms with Gasteiger partial charge in [0.15, 0.2) is 0 Å². The van der Waals surface area contributed by atoms with E-state index in [-0.39, 0.29) is 0 Å². The first-order valence-corrected chi connectivity index (χ1v) is 5.51. The molecule has 2 nitrogen and oxygen atoms in total. The molecule has 1 atom stereocenters. The van der Waals surface area contributed by atoms with Crippen LogP contribution in [0.1, 0.15) is 52.9 Å². The van der Waals surface area contributed by atoms with Gasteiger partial charge in [-0.2, -0.15) is 5.48 Å². The minimum Gasteiger partial charge on any atom is -0.302 e. The van der Waals surface area contributed by atoms with Crippen molar-refractivity contribution in [2.75, 3.05) is 6.61 Å². The van der Waals surface area contributed by atoms with Crippen LogP contribution in [-0.2, 0) is 4.84 Å². The molecule has 0 aromatic rings. The first kappa shape index (κ1) is 11.0. The van der Waals surface area contributed by atoms with Crippen LogP contribution in [0, 0.1) is 5.41 Å². The summed E-state index contributed by atoms with van der Waals surface area (Å²) in [5, 5.41) is 0. The van der Waals surface area contributed by atoms with E-state index in [0.29, 0.717) is 11.5 Å². The van der Waals surface area contributed by atoms with Gasteiger partial charge in [-0.05, 0) is 38.0 Å². The van der Waals surface area contributed by atoms with E-state index in [9.17, 15) is 0 Å². The van der Waals surface area contributed by atoms with Gasteiger partial charge >= 0.3 is 0 Å². The fourth-order valence-electron chi connectivity index (χ4n) is 1.98. The molecule has 1 aliphatic carbocycles. The van der Waals surface area contributed by atoms with Gasteiger partial charge in [0.1, 0.15) is 0 Å². The zero-order chi connectivity index (χ0) is 9.73. The van der Waals surface area contributed by atoms with Crippen molar-refractivity contribution in [3.8, 4) is 0 Å². The molecule has 0 heterocycles. The van der Waals surface area contributed by atoms with E-state index in [4.69, 9.17) is 4.84 Å². The number of hydrogen-bond acceptors (Lipinski definition) is 2. The van der Waals surface area contributed by atoms with Crippen LogP contribution in [0.15, 0.2) is 0 Å². The van der Waals surface area contributed by atoms with Crippen molar-refractivity contribution in [2.45, 2.75) is 58.9 Å². The predicted octanol–water partition coefficient (Wildman–Crippen LogP) is 2.89. The third-order valence-electron chi connectivity index (χ3n) is 2.97. The Kier molecular flexibility index (Phi) is 4.20. The van der Waals surface area contributed by atoms with Crippen LogP contribution in [0.25, 0.3) is 0 Å². The summed E-state index contributed by atoms with van der Waals surface area (Å²) < 4.78 is 0. The topological polar surface area (TPSA) is 21.3 Å². The lowest BCUT2D eigenvalue weighted by Crippen LogP contribution is -2.28. The minimum atomic E-state index is 0.544. The average Bonchev–Trinajstić information content (AvgIpc) is 2.23. The standard InChI is InChI=1S/C11H23NO/c1-4-13-12-10-6-5-8-11(2,3)9-7-10/h10,12H,4-9H2,1-3H3. The van der Waals surface area contributed by atoms with Crippen molar-refractivity contribution in [2.24, 2.45) is 5.41 Å². The monoisotopic (exact) mass is 185 g/mol. The molecule has 78 valence electrons. The van der Waals surface area contributed by atoms with E-state index < -0.39 is 0 Å². The summed E-state index contributed by atoms with van der Waals surface area (Å²) in [6.07, 6.45) is 6.53. The summed E-state index contributed by atoms with van der Waals surface area (Å²) in [6, 6.07) is 0.585. The fraction of sp³-hybridized carbons (Fsp3) is 1.00. The highest BCUT2D eigenvalue weighted by Gasteiger charge is 2.23. The third-order valence-corrected chi connectivity index (χ3v) is 2.97. The fourth-order valence-corrected chi connectivity index (χ4v) is 1.98. The highest BCUT2D eigenvalue weighted by molar-refractivity contribution is 4.77. The molecule has 0 aromatic carbocycles. The normalized spacial score (nSPS) is 28.4. The quantitative estimate of drug-likeness (QED) is 0.539. The Balaban J connectivity index is 2.28. The van der Waals surface area contributed by atoms with Crippen LogP contribution in [0.2, 0.25) is 0 Å². The lowest BCUT2D eigenvalue weighted by Gasteiger charge is -2.21. The lowest BCUT2D eigenvalue weighted by molar-refractivity contribution is 0.0202. The molecule has 1 unspecified atom stereocenters. The minimum absolute atomic E-state index is 0.544. The van der Waals surface area contributed by atoms with Gasteiger partial charge in [0, 0.05) is 6.04 Å². The number of hydrogen-bond donors (Lipinski definition) is 1. The Labute approximate surface area is 82.0 Å². The largest absolute Gasteiger partial charge is 0.302 e. The maximum Gasteiger partial charge on any atom is 0.0654 e. The molecule has 0 spiro atoms. The van der Waals surface area contributed by atoms with E-state index in [1.807, 2.05) is 6.92 Å². The van der Waals surface area contributed by atoms with Crippen LogP contribution in [-0.4, -0.2) is 12.6 Å². The zero-order valence-corrected chi connectivity index (χ0v) is 9.23. The second-order valence-electron chi connectivity index (χ2n) is 4.84. The molecule has 0 radical (unpaired) electrons. The summed E-state index contributed by atoms with van der Waals surface area (Å²) in [5.74, 6) is 0. The Morgan fingerprint density at radius 1 is 1.31 bits per heavy atom. The van der Waals surface area contributed by atoms with Gasteiger partial charge in [-0.25, -0.2) is 0 Å². The predicted molar refractivity (Wildman–Crippen MR) is 55.4 cm³/mol. The van der Waals surface area contributed by atoms with Crippen LogP contribution < -0.4 is 5.48 Å². The van der Waals surface area contributed by atoms with Crippen molar-refractivity contribution in [3.05, 3.63) is 0 Å². The molecule has 13 heavy (non-hydrogen) atoms. The molecule has 1 fully saturated rings. The Hall–Kier alpha value is -0.0800. The smallest absolute Gasteiger partial charge is 0.0654 e. The number of rotatable bonds is 3. The summed E-state index contributed by atoms with van der Waals surface area (Å²) in [5.41, 5.74) is 3.69. The molecule has 0 aromatic heterocycles. The van der Waals surface area contributed by atoms with Gasteiger partial charge in [0.25, 0.3) is 0 Å². The number of hydroxylamine groups is 1. The van der Waals surface area contributed by atoms with Crippen molar-refractivity contribution >= 4 is 0 Å². The molecule has 2 heteroatoms. The summed E-state index contributed by atoms with van der Waals surface area (Å²) >= 11 is 0. The van der Waals surface area contributed by atoms with E-state index in [0.717, 1.165) is 6.61 Å². The second-order valence-corrected chi connectivity index (χ2v) is 4.84. The first-order valence-electron chi connectivity index (χ1n) is 5.51. The van der Waals surface area contributed by atoms with Gasteiger partial charge in [0.05, 0.1) is 6.61 Å². The Morgan fingerprint density at radius 3 is 2.77 bits per heavy atom. The molecule has 0 aliphatic heterocycles. The zero-order valence-electron chi connectivity index (χ0n) is 9.23. The number of nitrogens with one attached hydrogen (secondary N) is 1. The van der Waals surface area contributed by atoms with Gasteiger partial charge in [-0.3, -0.25) is 0 Å². The second kappa shape index (κ2) is 4.97. The van der Waals surface area contributed by atoms with Crippen LogP contribution >= 0.6 is 0 Å². The van der Waals surface area contributed by atoms with E-state index in [1.54, 1.807) is 0 Å². The van der Waals surface area contributed by atoms with Crippen molar-refractivity contribution in [1.82, 2.24) is 5.48 Å². The highest BCUT2D eigenvalue weighted by atomic mass is 16.6. The molecule has 1 rings (SSSR count). The molecule has 1 saturated carbocycles. The third kappa shape index (κ3) is 4.10. The maximum absolute atomic E-state index is 5.25. The summed E-state index contributed by atoms with van der Waals surface area (Å²) in [6.45, 7) is 7.53. The molecule has 0 amide bonds. The van der Waals surface area contributed by atoms with Crippen LogP contribution in [0.4, 0.5) is 0 Å². The summed E-state index contributed by atoms with van der Waals surface area (Å²) in [4.78, 5) is 5.25. The highest BCUT2D eigenvalue weighted by Crippen LogP contribution is 2.33. The Morgan fingerprint density at radius 2 is 2.08 bits per heavy atom. The average molecular weight is 185 g/mol. The van der Waals surface area contributed by atoms with Crippen molar-refractivity contribution in [3.63, 3.8) is 0 Å². The van der Waals surface area contributed by atoms with Gasteiger partial charge in [-0.15, -0.1) is 0 Å². The van der Waals surface area contributed by atoms with Crippen LogP contribution in [0.5, 0.6) is 0 Å². The van der Waals surface area contributed by atoms with Gasteiger partial charge < -0.3 is 4.84 Å². The SMILES string of the molecule is CCONC1CCCC(C)(C)CC1. The van der Waals surface area contributed by atoms with E-state index >= 15 is 0 Å². The molecule has 0 bridgehead atoms. The molecule has 1 aliphatic rings. The summed E-state index contributed by atoms with van der Waals surface area (Å²) in [7, 11) is 0. The maximum atomic E-state index is 5.25. The van der Waals surface area contributed by atoms with Gasteiger partial charge in [0.2, 0.25) is 0 Å². The molecule has 0 saturated heterocycles. The van der Waals surface area contributed by atoms with E-state index in [2.05, 4.69) is 19.3 Å². The van der Waals surface area contributed by atoms with Gasteiger partial charge in [-0.1, -0.05) is 20.3 Å². The molecular weight excluding hydrogens is 162 g/mol. The lowest BCUT2D eigenvalue weighted by atomic mass is 9.85. The molecule has 1 N–H and O–H groups in total. The van der Waals surface area contributed by atoms with Crippen molar-refractivity contribution < 1.29 is 4.84 Å². The van der Waals surface area contributed by atoms with Crippen molar-refractivity contribution in [1.29, 1.82) is 0 Å². The van der Waals surface area contributed by atoms with E-state index in [1.165, 1.54) is 32.1 Å².